The second-order valence-electron chi connectivity index (χ2n) is 4.47. The number of rotatable bonds is 2. The molecule has 1 atom stereocenters. The summed E-state index contributed by atoms with van der Waals surface area (Å²) >= 11 is 0. The predicted molar refractivity (Wildman–Crippen MR) is 51.9 cm³/mol. The highest BCUT2D eigenvalue weighted by Crippen LogP contribution is 2.38. The molecule has 0 spiro atoms. The summed E-state index contributed by atoms with van der Waals surface area (Å²) in [7, 11) is 0. The first-order valence-electron chi connectivity index (χ1n) is 5.52. The molecule has 15 heavy (non-hydrogen) atoms. The van der Waals surface area contributed by atoms with Crippen molar-refractivity contribution in [2.75, 3.05) is 6.61 Å². The van der Waals surface area contributed by atoms with Crippen LogP contribution in [0.15, 0.2) is 4.52 Å². The van der Waals surface area contributed by atoms with Crippen molar-refractivity contribution < 1.29 is 9.26 Å². The van der Waals surface area contributed by atoms with Crippen LogP contribution in [0.2, 0.25) is 0 Å². The standard InChI is InChI=1S/C10H15N3O2/c11-10(4-2-5-10)9-12-8(15-13-9)7-3-1-6-14-7/h7H,1-6,11H2. The van der Waals surface area contributed by atoms with Gasteiger partial charge in [0.25, 0.3) is 5.89 Å². The lowest BCUT2D eigenvalue weighted by Crippen LogP contribution is -2.44. The highest BCUT2D eigenvalue weighted by Gasteiger charge is 2.39. The fourth-order valence-corrected chi connectivity index (χ4v) is 2.12. The molecule has 2 heterocycles. The van der Waals surface area contributed by atoms with Crippen LogP contribution in [0.1, 0.15) is 49.9 Å². The Bertz CT molecular complexity index is 353. The molecule has 1 aliphatic heterocycles. The summed E-state index contributed by atoms with van der Waals surface area (Å²) in [5.41, 5.74) is 5.78. The van der Waals surface area contributed by atoms with Crippen LogP contribution < -0.4 is 5.73 Å². The first-order valence-corrected chi connectivity index (χ1v) is 5.52. The molecule has 0 aromatic carbocycles. The largest absolute Gasteiger partial charge is 0.368 e. The molecule has 2 N–H and O–H groups in total. The minimum Gasteiger partial charge on any atom is -0.368 e. The van der Waals surface area contributed by atoms with Crippen molar-refractivity contribution in [3.05, 3.63) is 11.7 Å². The first kappa shape index (κ1) is 9.30. The third-order valence-electron chi connectivity index (χ3n) is 3.34. The van der Waals surface area contributed by atoms with E-state index in [1.807, 2.05) is 0 Å². The average Bonchev–Trinajstić information content (AvgIpc) is 2.84. The zero-order valence-electron chi connectivity index (χ0n) is 8.61. The quantitative estimate of drug-likeness (QED) is 0.793. The van der Waals surface area contributed by atoms with Crippen LogP contribution in [0, 0.1) is 0 Å². The van der Waals surface area contributed by atoms with Crippen molar-refractivity contribution in [1.29, 1.82) is 0 Å². The number of hydrogen-bond donors (Lipinski definition) is 1. The lowest BCUT2D eigenvalue weighted by Gasteiger charge is -2.34. The van der Waals surface area contributed by atoms with E-state index in [2.05, 4.69) is 10.1 Å². The number of nitrogens with zero attached hydrogens (tertiary/aromatic N) is 2. The number of aromatic nitrogens is 2. The van der Waals surface area contributed by atoms with Crippen LogP contribution in [0.4, 0.5) is 0 Å². The van der Waals surface area contributed by atoms with Gasteiger partial charge >= 0.3 is 0 Å². The fraction of sp³-hybridized carbons (Fsp3) is 0.800. The summed E-state index contributed by atoms with van der Waals surface area (Å²) in [4.78, 5) is 4.36. The molecule has 0 radical (unpaired) electrons. The van der Waals surface area contributed by atoms with Gasteiger partial charge in [0.05, 0.1) is 5.54 Å². The summed E-state index contributed by atoms with van der Waals surface area (Å²) in [6.07, 6.45) is 5.10. The van der Waals surface area contributed by atoms with E-state index >= 15 is 0 Å². The number of hydrogen-bond acceptors (Lipinski definition) is 5. The first-order chi connectivity index (χ1) is 7.28. The van der Waals surface area contributed by atoms with Crippen molar-refractivity contribution in [2.24, 2.45) is 5.73 Å². The molecule has 0 bridgehead atoms. The Morgan fingerprint density at radius 2 is 2.20 bits per heavy atom. The van der Waals surface area contributed by atoms with E-state index < -0.39 is 0 Å². The second kappa shape index (κ2) is 3.28. The average molecular weight is 209 g/mol. The SMILES string of the molecule is NC1(c2noc(C3CCCO3)n2)CCC1. The van der Waals surface area contributed by atoms with Gasteiger partial charge in [0.1, 0.15) is 6.10 Å². The topological polar surface area (TPSA) is 74.2 Å². The molecule has 1 aromatic heterocycles. The second-order valence-corrected chi connectivity index (χ2v) is 4.47. The van der Waals surface area contributed by atoms with E-state index in [1.54, 1.807) is 0 Å². The minimum atomic E-state index is -0.333. The van der Waals surface area contributed by atoms with E-state index in [9.17, 15) is 0 Å². The number of ether oxygens (including phenoxy) is 1. The maximum absolute atomic E-state index is 6.11. The van der Waals surface area contributed by atoms with E-state index in [1.165, 1.54) is 0 Å². The van der Waals surface area contributed by atoms with Gasteiger partial charge in [0.2, 0.25) is 0 Å². The molecule has 1 saturated carbocycles. The Morgan fingerprint density at radius 1 is 1.33 bits per heavy atom. The summed E-state index contributed by atoms with van der Waals surface area (Å²) < 4.78 is 10.7. The summed E-state index contributed by atoms with van der Waals surface area (Å²) in [5, 5.41) is 3.96. The Morgan fingerprint density at radius 3 is 2.80 bits per heavy atom. The van der Waals surface area contributed by atoms with Gasteiger partial charge < -0.3 is 15.0 Å². The maximum atomic E-state index is 6.11. The Labute approximate surface area is 88.0 Å². The van der Waals surface area contributed by atoms with Gasteiger partial charge in [-0.15, -0.1) is 0 Å². The van der Waals surface area contributed by atoms with Crippen molar-refractivity contribution in [3.63, 3.8) is 0 Å². The molecule has 82 valence electrons. The molecule has 5 nitrogen and oxygen atoms in total. The molecule has 1 aliphatic carbocycles. The Kier molecular flexibility index (Phi) is 2.03. The van der Waals surface area contributed by atoms with E-state index in [0.717, 1.165) is 38.7 Å². The Balaban J connectivity index is 1.80. The molecule has 2 fully saturated rings. The van der Waals surface area contributed by atoms with Crippen molar-refractivity contribution in [2.45, 2.75) is 43.7 Å². The van der Waals surface area contributed by atoms with Gasteiger partial charge in [0, 0.05) is 6.61 Å². The third-order valence-corrected chi connectivity index (χ3v) is 3.34. The lowest BCUT2D eigenvalue weighted by atomic mass is 9.77. The molecule has 1 saturated heterocycles. The highest BCUT2D eigenvalue weighted by atomic mass is 16.5. The minimum absolute atomic E-state index is 0.00470. The molecule has 0 amide bonds. The van der Waals surface area contributed by atoms with Crippen molar-refractivity contribution in [1.82, 2.24) is 10.1 Å². The van der Waals surface area contributed by atoms with Gasteiger partial charge in [0.15, 0.2) is 5.82 Å². The van der Waals surface area contributed by atoms with Crippen LogP contribution >= 0.6 is 0 Å². The van der Waals surface area contributed by atoms with Gasteiger partial charge in [-0.2, -0.15) is 4.98 Å². The van der Waals surface area contributed by atoms with E-state index in [-0.39, 0.29) is 11.6 Å². The zero-order chi connectivity index (χ0) is 10.3. The summed E-state index contributed by atoms with van der Waals surface area (Å²) in [6.45, 7) is 0.788. The zero-order valence-corrected chi connectivity index (χ0v) is 8.61. The monoisotopic (exact) mass is 209 g/mol. The molecular formula is C10H15N3O2. The van der Waals surface area contributed by atoms with Gasteiger partial charge in [-0.25, -0.2) is 0 Å². The van der Waals surface area contributed by atoms with Crippen LogP contribution in [-0.4, -0.2) is 16.7 Å². The predicted octanol–water partition coefficient (Wildman–Crippen LogP) is 1.26. The lowest BCUT2D eigenvalue weighted by molar-refractivity contribution is 0.0835. The highest BCUT2D eigenvalue weighted by molar-refractivity contribution is 5.09. The normalized spacial score (nSPS) is 29.0. The van der Waals surface area contributed by atoms with E-state index in [0.29, 0.717) is 11.7 Å². The van der Waals surface area contributed by atoms with Crippen LogP contribution in [0.25, 0.3) is 0 Å². The van der Waals surface area contributed by atoms with E-state index in [4.69, 9.17) is 15.0 Å². The molecule has 2 aliphatic rings. The smallest absolute Gasteiger partial charge is 0.255 e. The van der Waals surface area contributed by atoms with Crippen LogP contribution in [-0.2, 0) is 10.3 Å². The molecule has 1 unspecified atom stereocenters. The van der Waals surface area contributed by atoms with Gasteiger partial charge in [-0.3, -0.25) is 0 Å². The number of nitrogens with two attached hydrogens (primary N) is 1. The van der Waals surface area contributed by atoms with Crippen LogP contribution in [0.3, 0.4) is 0 Å². The fourth-order valence-electron chi connectivity index (χ4n) is 2.12. The third kappa shape index (κ3) is 1.46. The molecule has 5 heteroatoms. The summed E-state index contributed by atoms with van der Waals surface area (Å²) in [5.74, 6) is 1.25. The van der Waals surface area contributed by atoms with Gasteiger partial charge in [-0.05, 0) is 32.1 Å². The molecule has 1 aromatic rings. The van der Waals surface area contributed by atoms with Crippen molar-refractivity contribution >= 4 is 0 Å². The molecular weight excluding hydrogens is 194 g/mol. The van der Waals surface area contributed by atoms with Crippen LogP contribution in [0.5, 0.6) is 0 Å². The Hall–Kier alpha value is -0.940. The van der Waals surface area contributed by atoms with Crippen molar-refractivity contribution in [3.8, 4) is 0 Å². The molecule has 3 rings (SSSR count). The summed E-state index contributed by atoms with van der Waals surface area (Å²) in [6, 6.07) is 0. The maximum Gasteiger partial charge on any atom is 0.255 e. The van der Waals surface area contributed by atoms with Gasteiger partial charge in [-0.1, -0.05) is 5.16 Å².